The smallest absolute Gasteiger partial charge is 0.207 e. The van der Waals surface area contributed by atoms with Gasteiger partial charge in [-0.05, 0) is 74.4 Å². The summed E-state index contributed by atoms with van der Waals surface area (Å²) >= 11 is 0. The number of rotatable bonds is 6. The first-order valence-corrected chi connectivity index (χ1v) is 12.4. The third kappa shape index (κ3) is 4.17. The zero-order valence-electron chi connectivity index (χ0n) is 16.7. The van der Waals surface area contributed by atoms with Crippen molar-refractivity contribution in [1.29, 1.82) is 0 Å². The number of hydrogen-bond acceptors (Lipinski definition) is 3. The van der Waals surface area contributed by atoms with E-state index < -0.39 is 20.4 Å². The fourth-order valence-electron chi connectivity index (χ4n) is 2.92. The molecule has 3 aromatic rings. The maximum atomic E-state index is 12.7. The zero-order chi connectivity index (χ0) is 20.4. The standard InChI is InChI=1S/C23H26O3S2/c1-5-27(24,25)26-28(21-12-6-18(2)7-13-21,22-14-8-19(3)9-15-22)23-16-10-20(4)11-17-23/h6-17H,5H2,1-4H3. The normalized spacial score (nSPS) is 12.7. The molecule has 0 radical (unpaired) electrons. The van der Waals surface area contributed by atoms with E-state index >= 15 is 0 Å². The fraction of sp³-hybridized carbons (Fsp3) is 0.217. The summed E-state index contributed by atoms with van der Waals surface area (Å²) in [6, 6.07) is 23.9. The second-order valence-electron chi connectivity index (χ2n) is 6.91. The van der Waals surface area contributed by atoms with Gasteiger partial charge in [-0.2, -0.15) is 8.42 Å². The van der Waals surface area contributed by atoms with E-state index in [0.717, 1.165) is 31.4 Å². The van der Waals surface area contributed by atoms with Gasteiger partial charge < -0.3 is 0 Å². The molecule has 0 atom stereocenters. The Labute approximate surface area is 170 Å². The molecule has 5 heteroatoms. The largest absolute Gasteiger partial charge is 0.277 e. The lowest BCUT2D eigenvalue weighted by molar-refractivity contribution is 0.510. The number of aryl methyl sites for hydroxylation is 3. The topological polar surface area (TPSA) is 43.4 Å². The van der Waals surface area contributed by atoms with Gasteiger partial charge in [0.25, 0.3) is 10.1 Å². The van der Waals surface area contributed by atoms with Crippen LogP contribution in [0.4, 0.5) is 0 Å². The van der Waals surface area contributed by atoms with Crippen molar-refractivity contribution in [3.63, 3.8) is 0 Å². The lowest BCUT2D eigenvalue weighted by atomic mass is 10.2. The van der Waals surface area contributed by atoms with Crippen molar-refractivity contribution in [2.75, 3.05) is 5.75 Å². The summed E-state index contributed by atoms with van der Waals surface area (Å²) in [5.41, 5.74) is 3.34. The van der Waals surface area contributed by atoms with Crippen LogP contribution in [-0.4, -0.2) is 14.2 Å². The highest BCUT2D eigenvalue weighted by Gasteiger charge is 2.37. The Morgan fingerprint density at radius 1 is 0.607 bits per heavy atom. The molecular formula is C23H26O3S2. The van der Waals surface area contributed by atoms with Crippen molar-refractivity contribution in [2.24, 2.45) is 0 Å². The van der Waals surface area contributed by atoms with Crippen LogP contribution in [-0.2, 0) is 13.7 Å². The molecule has 0 amide bonds. The molecule has 0 bridgehead atoms. The minimum atomic E-state index is -3.71. The van der Waals surface area contributed by atoms with Crippen molar-refractivity contribution in [1.82, 2.24) is 0 Å². The Morgan fingerprint density at radius 2 is 0.893 bits per heavy atom. The van der Waals surface area contributed by atoms with E-state index in [1.807, 2.05) is 93.6 Å². The van der Waals surface area contributed by atoms with Crippen LogP contribution >= 0.6 is 10.3 Å². The Morgan fingerprint density at radius 3 is 1.14 bits per heavy atom. The van der Waals surface area contributed by atoms with E-state index in [4.69, 9.17) is 3.63 Å². The summed E-state index contributed by atoms with van der Waals surface area (Å²) < 4.78 is 31.6. The van der Waals surface area contributed by atoms with Crippen molar-refractivity contribution in [2.45, 2.75) is 42.4 Å². The molecule has 148 valence electrons. The van der Waals surface area contributed by atoms with Crippen molar-refractivity contribution < 1.29 is 12.0 Å². The summed E-state index contributed by atoms with van der Waals surface area (Å²) in [6.07, 6.45) is 0. The van der Waals surface area contributed by atoms with E-state index in [2.05, 4.69) is 0 Å². The lowest BCUT2D eigenvalue weighted by Gasteiger charge is -2.39. The Bertz CT molecular complexity index is 926. The van der Waals surface area contributed by atoms with Gasteiger partial charge in [0.1, 0.15) is 0 Å². The highest BCUT2D eigenvalue weighted by atomic mass is 32.3. The number of hydrogen-bond donors (Lipinski definition) is 0. The summed E-state index contributed by atoms with van der Waals surface area (Å²) in [5, 5.41) is 0. The quantitative estimate of drug-likeness (QED) is 0.484. The van der Waals surface area contributed by atoms with Gasteiger partial charge in [0, 0.05) is 14.7 Å². The predicted octanol–water partition coefficient (Wildman–Crippen LogP) is 6.17. The van der Waals surface area contributed by atoms with E-state index in [1.54, 1.807) is 6.92 Å². The second kappa shape index (κ2) is 8.11. The summed E-state index contributed by atoms with van der Waals surface area (Å²) in [4.78, 5) is 2.59. The van der Waals surface area contributed by atoms with Gasteiger partial charge in [-0.15, -0.1) is 0 Å². The Balaban J connectivity index is 2.37. The van der Waals surface area contributed by atoms with E-state index in [0.29, 0.717) is 0 Å². The molecule has 28 heavy (non-hydrogen) atoms. The number of benzene rings is 3. The van der Waals surface area contributed by atoms with Gasteiger partial charge >= 0.3 is 0 Å². The molecule has 0 spiro atoms. The molecule has 0 heterocycles. The second-order valence-corrected chi connectivity index (χ2v) is 11.7. The van der Waals surface area contributed by atoms with Crippen LogP contribution in [0.1, 0.15) is 23.6 Å². The van der Waals surface area contributed by atoms with Gasteiger partial charge in [0.05, 0.1) is 5.75 Å². The fourth-order valence-corrected chi connectivity index (χ4v) is 7.87. The first-order valence-electron chi connectivity index (χ1n) is 9.24. The van der Waals surface area contributed by atoms with Crippen LogP contribution < -0.4 is 0 Å². The monoisotopic (exact) mass is 414 g/mol. The zero-order valence-corrected chi connectivity index (χ0v) is 18.3. The van der Waals surface area contributed by atoms with Crippen LogP contribution in [0.3, 0.4) is 0 Å². The van der Waals surface area contributed by atoms with Crippen LogP contribution in [0.25, 0.3) is 0 Å². The van der Waals surface area contributed by atoms with Crippen LogP contribution in [0.15, 0.2) is 87.5 Å². The van der Waals surface area contributed by atoms with Gasteiger partial charge in [-0.3, -0.25) is 0 Å². The lowest BCUT2D eigenvalue weighted by Crippen LogP contribution is -2.15. The van der Waals surface area contributed by atoms with Crippen LogP contribution in [0.2, 0.25) is 0 Å². The third-order valence-electron chi connectivity index (χ3n) is 4.62. The van der Waals surface area contributed by atoms with Gasteiger partial charge in [-0.25, -0.2) is 3.63 Å². The highest BCUT2D eigenvalue weighted by molar-refractivity contribution is 8.33. The van der Waals surface area contributed by atoms with E-state index in [9.17, 15) is 8.42 Å². The summed E-state index contributed by atoms with van der Waals surface area (Å²) in [7, 11) is -6.16. The SMILES string of the molecule is CCS(=O)(=O)OS(c1ccc(C)cc1)(c1ccc(C)cc1)c1ccc(C)cc1. The molecule has 0 aliphatic carbocycles. The van der Waals surface area contributed by atoms with Gasteiger partial charge in [0.15, 0.2) is 0 Å². The molecule has 0 aliphatic heterocycles. The molecular weight excluding hydrogens is 388 g/mol. The average molecular weight is 415 g/mol. The van der Waals surface area contributed by atoms with Crippen LogP contribution in [0, 0.1) is 20.8 Å². The van der Waals surface area contributed by atoms with Crippen LogP contribution in [0.5, 0.6) is 0 Å². The molecule has 0 N–H and O–H groups in total. The third-order valence-corrected chi connectivity index (χ3v) is 9.78. The van der Waals surface area contributed by atoms with Crippen molar-refractivity contribution in [3.8, 4) is 0 Å². The predicted molar refractivity (Wildman–Crippen MR) is 116 cm³/mol. The molecule has 3 nitrogen and oxygen atoms in total. The van der Waals surface area contributed by atoms with Gasteiger partial charge in [-0.1, -0.05) is 53.1 Å². The average Bonchev–Trinajstić information content (AvgIpc) is 2.68. The first kappa shape index (κ1) is 20.6. The Hall–Kier alpha value is -2.08. The summed E-state index contributed by atoms with van der Waals surface area (Å²) in [5.74, 6) is -0.0780. The maximum Gasteiger partial charge on any atom is 0.277 e. The minimum Gasteiger partial charge on any atom is -0.207 e. The molecule has 0 fully saturated rings. The summed E-state index contributed by atoms with van der Waals surface area (Å²) in [6.45, 7) is 7.66. The minimum absolute atomic E-state index is 0.0780. The van der Waals surface area contributed by atoms with Crippen molar-refractivity contribution in [3.05, 3.63) is 89.5 Å². The van der Waals surface area contributed by atoms with Crippen molar-refractivity contribution >= 4 is 20.4 Å². The van der Waals surface area contributed by atoms with Gasteiger partial charge in [0.2, 0.25) is 0 Å². The molecule has 3 aromatic carbocycles. The molecule has 0 aliphatic rings. The molecule has 3 rings (SSSR count). The molecule has 0 unspecified atom stereocenters. The van der Waals surface area contributed by atoms with E-state index in [-0.39, 0.29) is 5.75 Å². The van der Waals surface area contributed by atoms with E-state index in [1.165, 1.54) is 0 Å². The molecule has 0 saturated carbocycles. The Kier molecular flexibility index (Phi) is 5.98. The maximum absolute atomic E-state index is 12.7. The first-order chi connectivity index (χ1) is 13.3. The molecule has 0 aromatic heterocycles. The molecule has 0 saturated heterocycles. The highest BCUT2D eigenvalue weighted by Crippen LogP contribution is 2.69.